The van der Waals surface area contributed by atoms with Gasteiger partial charge in [0.1, 0.15) is 0 Å². The van der Waals surface area contributed by atoms with E-state index in [0.717, 1.165) is 31.6 Å². The van der Waals surface area contributed by atoms with Crippen LogP contribution < -0.4 is 10.1 Å². The van der Waals surface area contributed by atoms with Gasteiger partial charge in [0.15, 0.2) is 0 Å². The van der Waals surface area contributed by atoms with E-state index < -0.39 is 0 Å². The molecule has 1 heterocycles. The lowest BCUT2D eigenvalue weighted by Gasteiger charge is -2.12. The van der Waals surface area contributed by atoms with Crippen molar-refractivity contribution in [3.63, 3.8) is 0 Å². The molecule has 0 amide bonds. The summed E-state index contributed by atoms with van der Waals surface area (Å²) < 4.78 is 5.66. The molecule has 0 fully saturated rings. The van der Waals surface area contributed by atoms with Crippen LogP contribution in [0, 0.1) is 5.92 Å². The fraction of sp³-hybridized carbons (Fsp3) is 0.714. The second kappa shape index (κ2) is 8.03. The van der Waals surface area contributed by atoms with Crippen LogP contribution in [0.3, 0.4) is 0 Å². The van der Waals surface area contributed by atoms with Crippen LogP contribution in [0.15, 0.2) is 12.1 Å². The molecule has 1 rings (SSSR count). The zero-order chi connectivity index (χ0) is 13.4. The minimum absolute atomic E-state index is 0.203. The summed E-state index contributed by atoms with van der Waals surface area (Å²) >= 11 is 0. The lowest BCUT2D eigenvalue weighted by atomic mass is 10.2. The van der Waals surface area contributed by atoms with Gasteiger partial charge in [-0.2, -0.15) is 5.10 Å². The zero-order valence-electron chi connectivity index (χ0n) is 11.9. The normalized spacial score (nSPS) is 12.7. The average Bonchev–Trinajstić information content (AvgIpc) is 2.31. The van der Waals surface area contributed by atoms with Gasteiger partial charge in [-0.25, -0.2) is 0 Å². The molecule has 0 saturated heterocycles. The number of aromatic nitrogens is 2. The quantitative estimate of drug-likeness (QED) is 0.771. The Hall–Kier alpha value is -1.16. The SMILES string of the molecule is CCCC(C)Oc1ccc(CNCC(C)C)nn1. The number of hydrogen-bond donors (Lipinski definition) is 1. The molecule has 0 aliphatic carbocycles. The largest absolute Gasteiger partial charge is 0.474 e. The molecule has 102 valence electrons. The van der Waals surface area contributed by atoms with Crippen LogP contribution in [0.5, 0.6) is 5.88 Å². The Morgan fingerprint density at radius 3 is 2.56 bits per heavy atom. The van der Waals surface area contributed by atoms with E-state index in [1.807, 2.05) is 12.1 Å². The summed E-state index contributed by atoms with van der Waals surface area (Å²) in [6, 6.07) is 3.86. The van der Waals surface area contributed by atoms with E-state index in [1.54, 1.807) is 0 Å². The van der Waals surface area contributed by atoms with Gasteiger partial charge < -0.3 is 10.1 Å². The van der Waals surface area contributed by atoms with Crippen LogP contribution in [0.25, 0.3) is 0 Å². The summed E-state index contributed by atoms with van der Waals surface area (Å²) in [7, 11) is 0. The Bertz CT molecular complexity index is 324. The average molecular weight is 251 g/mol. The zero-order valence-corrected chi connectivity index (χ0v) is 11.9. The van der Waals surface area contributed by atoms with Crippen LogP contribution in [-0.4, -0.2) is 22.8 Å². The van der Waals surface area contributed by atoms with Gasteiger partial charge in [-0.1, -0.05) is 27.2 Å². The van der Waals surface area contributed by atoms with E-state index in [1.165, 1.54) is 0 Å². The van der Waals surface area contributed by atoms with Gasteiger partial charge >= 0.3 is 0 Å². The highest BCUT2D eigenvalue weighted by Gasteiger charge is 2.04. The maximum atomic E-state index is 5.66. The van der Waals surface area contributed by atoms with Gasteiger partial charge in [0.2, 0.25) is 5.88 Å². The van der Waals surface area contributed by atoms with Crippen LogP contribution in [0.2, 0.25) is 0 Å². The van der Waals surface area contributed by atoms with Crippen molar-refractivity contribution < 1.29 is 4.74 Å². The molecule has 0 radical (unpaired) electrons. The van der Waals surface area contributed by atoms with Gasteiger partial charge in [-0.3, -0.25) is 0 Å². The summed E-state index contributed by atoms with van der Waals surface area (Å²) in [5, 5.41) is 11.6. The lowest BCUT2D eigenvalue weighted by Crippen LogP contribution is -2.20. The second-order valence-electron chi connectivity index (χ2n) is 5.10. The highest BCUT2D eigenvalue weighted by Crippen LogP contribution is 2.10. The molecular formula is C14H25N3O. The topological polar surface area (TPSA) is 47.0 Å². The Morgan fingerprint density at radius 2 is 2.00 bits per heavy atom. The van der Waals surface area contributed by atoms with Gasteiger partial charge in [-0.05, 0) is 31.9 Å². The summed E-state index contributed by atoms with van der Waals surface area (Å²) in [6.07, 6.45) is 2.36. The second-order valence-corrected chi connectivity index (χ2v) is 5.10. The minimum Gasteiger partial charge on any atom is -0.474 e. The van der Waals surface area contributed by atoms with E-state index in [4.69, 9.17) is 4.74 Å². The maximum absolute atomic E-state index is 5.66. The Labute approximate surface area is 110 Å². The molecule has 0 aliphatic rings. The molecule has 4 heteroatoms. The Morgan fingerprint density at radius 1 is 1.22 bits per heavy atom. The van der Waals surface area contributed by atoms with Crippen molar-refractivity contribution in [3.8, 4) is 5.88 Å². The first kappa shape index (κ1) is 14.9. The third-order valence-electron chi connectivity index (χ3n) is 2.57. The molecule has 1 aromatic heterocycles. The monoisotopic (exact) mass is 251 g/mol. The minimum atomic E-state index is 0.203. The number of rotatable bonds is 8. The molecular weight excluding hydrogens is 226 g/mol. The lowest BCUT2D eigenvalue weighted by molar-refractivity contribution is 0.199. The van der Waals surface area contributed by atoms with Crippen molar-refractivity contribution in [1.82, 2.24) is 15.5 Å². The molecule has 0 aromatic carbocycles. The summed E-state index contributed by atoms with van der Waals surface area (Å²) in [4.78, 5) is 0. The molecule has 0 bridgehead atoms. The number of nitrogens with zero attached hydrogens (tertiary/aromatic N) is 2. The maximum Gasteiger partial charge on any atom is 0.233 e. The third-order valence-corrected chi connectivity index (χ3v) is 2.57. The molecule has 0 spiro atoms. The standard InChI is InChI=1S/C14H25N3O/c1-5-6-12(4)18-14-8-7-13(16-17-14)10-15-9-11(2)3/h7-8,11-12,15H,5-6,9-10H2,1-4H3. The van der Waals surface area contributed by atoms with Gasteiger partial charge in [-0.15, -0.1) is 5.10 Å². The van der Waals surface area contributed by atoms with E-state index in [-0.39, 0.29) is 6.10 Å². The predicted octanol–water partition coefficient (Wildman–Crippen LogP) is 2.79. The third kappa shape index (κ3) is 5.96. The van der Waals surface area contributed by atoms with Crippen molar-refractivity contribution in [2.45, 2.75) is 53.2 Å². The van der Waals surface area contributed by atoms with Crippen LogP contribution >= 0.6 is 0 Å². The van der Waals surface area contributed by atoms with E-state index in [2.05, 4.69) is 43.2 Å². The Balaban J connectivity index is 2.37. The van der Waals surface area contributed by atoms with E-state index >= 15 is 0 Å². The molecule has 1 unspecified atom stereocenters. The number of ether oxygens (including phenoxy) is 1. The predicted molar refractivity (Wildman–Crippen MR) is 73.6 cm³/mol. The van der Waals surface area contributed by atoms with Gasteiger partial charge in [0, 0.05) is 12.6 Å². The van der Waals surface area contributed by atoms with Crippen molar-refractivity contribution in [2.75, 3.05) is 6.54 Å². The van der Waals surface area contributed by atoms with Crippen molar-refractivity contribution in [1.29, 1.82) is 0 Å². The molecule has 4 nitrogen and oxygen atoms in total. The number of nitrogens with one attached hydrogen (secondary N) is 1. The van der Waals surface area contributed by atoms with Crippen LogP contribution in [0.1, 0.15) is 46.2 Å². The first-order valence-electron chi connectivity index (χ1n) is 6.81. The summed E-state index contributed by atoms with van der Waals surface area (Å²) in [5.41, 5.74) is 0.950. The smallest absolute Gasteiger partial charge is 0.233 e. The van der Waals surface area contributed by atoms with Gasteiger partial charge in [0.05, 0.1) is 11.8 Å². The van der Waals surface area contributed by atoms with Gasteiger partial charge in [0.25, 0.3) is 0 Å². The molecule has 0 saturated carbocycles. The first-order valence-corrected chi connectivity index (χ1v) is 6.81. The van der Waals surface area contributed by atoms with Crippen molar-refractivity contribution >= 4 is 0 Å². The first-order chi connectivity index (χ1) is 8.61. The van der Waals surface area contributed by atoms with Crippen molar-refractivity contribution in [2.24, 2.45) is 5.92 Å². The summed E-state index contributed by atoms with van der Waals surface area (Å²) in [5.74, 6) is 1.26. The fourth-order valence-corrected chi connectivity index (χ4v) is 1.67. The van der Waals surface area contributed by atoms with E-state index in [9.17, 15) is 0 Å². The summed E-state index contributed by atoms with van der Waals surface area (Å²) in [6.45, 7) is 10.3. The molecule has 18 heavy (non-hydrogen) atoms. The van der Waals surface area contributed by atoms with E-state index in [0.29, 0.717) is 11.8 Å². The molecule has 1 atom stereocenters. The van der Waals surface area contributed by atoms with Crippen LogP contribution in [-0.2, 0) is 6.54 Å². The molecule has 1 N–H and O–H groups in total. The highest BCUT2D eigenvalue weighted by molar-refractivity contribution is 5.11. The molecule has 1 aromatic rings. The Kier molecular flexibility index (Phi) is 6.65. The number of hydrogen-bond acceptors (Lipinski definition) is 4. The van der Waals surface area contributed by atoms with Crippen molar-refractivity contribution in [3.05, 3.63) is 17.8 Å². The van der Waals surface area contributed by atoms with Crippen LogP contribution in [0.4, 0.5) is 0 Å². The fourth-order valence-electron chi connectivity index (χ4n) is 1.67. The molecule has 0 aliphatic heterocycles. The highest BCUT2D eigenvalue weighted by atomic mass is 16.5.